The molecular weight excluding hydrogens is 385 g/mol. The Morgan fingerprint density at radius 2 is 2.03 bits per heavy atom. The molecule has 2 amide bonds. The van der Waals surface area contributed by atoms with E-state index in [1.807, 2.05) is 45.0 Å². The van der Waals surface area contributed by atoms with Gasteiger partial charge in [0.1, 0.15) is 11.6 Å². The monoisotopic (exact) mass is 413 g/mol. The van der Waals surface area contributed by atoms with Crippen molar-refractivity contribution in [1.82, 2.24) is 10.2 Å². The van der Waals surface area contributed by atoms with Gasteiger partial charge in [-0.2, -0.15) is 0 Å². The molecule has 0 fully saturated rings. The van der Waals surface area contributed by atoms with Crippen LogP contribution >= 0.6 is 0 Å². The molecule has 0 bridgehead atoms. The fourth-order valence-electron chi connectivity index (χ4n) is 3.29. The first-order valence-corrected chi connectivity index (χ1v) is 9.93. The van der Waals surface area contributed by atoms with E-state index in [2.05, 4.69) is 10.5 Å². The Labute approximate surface area is 176 Å². The number of carbonyl (C=O) groups is 1. The molecular formula is C23H28FN3O3. The predicted molar refractivity (Wildman–Crippen MR) is 114 cm³/mol. The van der Waals surface area contributed by atoms with Gasteiger partial charge in [-0.05, 0) is 50.6 Å². The molecule has 3 rings (SSSR count). The third-order valence-electron chi connectivity index (χ3n) is 4.61. The van der Waals surface area contributed by atoms with Crippen molar-refractivity contribution in [2.75, 3.05) is 13.7 Å². The van der Waals surface area contributed by atoms with Crippen molar-refractivity contribution in [2.45, 2.75) is 45.4 Å². The molecule has 1 atom stereocenters. The molecule has 1 aliphatic heterocycles. The van der Waals surface area contributed by atoms with Gasteiger partial charge in [0.25, 0.3) is 0 Å². The van der Waals surface area contributed by atoms with Crippen LogP contribution in [0.2, 0.25) is 0 Å². The Balaban J connectivity index is 1.72. The Hall–Kier alpha value is -3.09. The molecule has 160 valence electrons. The Morgan fingerprint density at radius 1 is 1.27 bits per heavy atom. The summed E-state index contributed by atoms with van der Waals surface area (Å²) in [6.45, 7) is 6.34. The lowest BCUT2D eigenvalue weighted by atomic mass is 10.0. The molecule has 0 saturated heterocycles. The molecule has 7 heteroatoms. The second-order valence-electron chi connectivity index (χ2n) is 8.36. The first kappa shape index (κ1) is 21.6. The molecule has 0 spiro atoms. The van der Waals surface area contributed by atoms with Gasteiger partial charge in [-0.1, -0.05) is 29.4 Å². The SMILES string of the molecule is COc1ccccc1C1=NO[C@@H](CN(Cc2cccc(F)c2)C(=O)NC(C)(C)C)C1. The largest absolute Gasteiger partial charge is 0.496 e. The van der Waals surface area contributed by atoms with Crippen LogP contribution in [0.25, 0.3) is 0 Å². The van der Waals surface area contributed by atoms with Gasteiger partial charge in [0.15, 0.2) is 6.10 Å². The zero-order valence-corrected chi connectivity index (χ0v) is 17.8. The number of para-hydroxylation sites is 1. The zero-order valence-electron chi connectivity index (χ0n) is 17.8. The van der Waals surface area contributed by atoms with Gasteiger partial charge in [0.05, 0.1) is 19.4 Å². The van der Waals surface area contributed by atoms with E-state index in [9.17, 15) is 9.18 Å². The van der Waals surface area contributed by atoms with E-state index in [0.29, 0.717) is 18.5 Å². The van der Waals surface area contributed by atoms with Gasteiger partial charge in [0.2, 0.25) is 0 Å². The number of nitrogens with zero attached hydrogens (tertiary/aromatic N) is 2. The van der Waals surface area contributed by atoms with E-state index in [1.54, 1.807) is 24.1 Å². The Kier molecular flexibility index (Phi) is 6.59. The van der Waals surface area contributed by atoms with Crippen LogP contribution in [-0.4, -0.2) is 41.9 Å². The number of oxime groups is 1. The number of ether oxygens (including phenoxy) is 1. The highest BCUT2D eigenvalue weighted by molar-refractivity contribution is 6.03. The number of benzene rings is 2. The summed E-state index contributed by atoms with van der Waals surface area (Å²) in [4.78, 5) is 20.2. The van der Waals surface area contributed by atoms with E-state index in [-0.39, 0.29) is 24.5 Å². The molecule has 30 heavy (non-hydrogen) atoms. The molecule has 1 heterocycles. The van der Waals surface area contributed by atoms with Crippen LogP contribution < -0.4 is 10.1 Å². The summed E-state index contributed by atoms with van der Waals surface area (Å²) in [5.41, 5.74) is 1.97. The lowest BCUT2D eigenvalue weighted by Crippen LogP contribution is -2.50. The molecule has 0 saturated carbocycles. The summed E-state index contributed by atoms with van der Waals surface area (Å²) in [6, 6.07) is 13.6. The minimum absolute atomic E-state index is 0.235. The normalized spacial score (nSPS) is 15.9. The van der Waals surface area contributed by atoms with Crippen LogP contribution in [0.4, 0.5) is 9.18 Å². The van der Waals surface area contributed by atoms with Gasteiger partial charge in [0, 0.05) is 24.1 Å². The molecule has 1 N–H and O–H groups in total. The molecule has 0 unspecified atom stereocenters. The minimum Gasteiger partial charge on any atom is -0.496 e. The summed E-state index contributed by atoms with van der Waals surface area (Å²) in [6.07, 6.45) is 0.243. The second-order valence-corrected chi connectivity index (χ2v) is 8.36. The van der Waals surface area contributed by atoms with Crippen molar-refractivity contribution in [1.29, 1.82) is 0 Å². The van der Waals surface area contributed by atoms with E-state index >= 15 is 0 Å². The molecule has 0 aliphatic carbocycles. The fraction of sp³-hybridized carbons (Fsp3) is 0.391. The van der Waals surface area contributed by atoms with E-state index < -0.39 is 5.54 Å². The predicted octanol–water partition coefficient (Wildman–Crippen LogP) is 4.34. The summed E-state index contributed by atoms with van der Waals surface area (Å²) in [5, 5.41) is 7.19. The van der Waals surface area contributed by atoms with E-state index in [4.69, 9.17) is 9.57 Å². The molecule has 0 radical (unpaired) electrons. The third kappa shape index (κ3) is 5.72. The van der Waals surface area contributed by atoms with Crippen LogP contribution in [0.5, 0.6) is 5.75 Å². The summed E-state index contributed by atoms with van der Waals surface area (Å²) in [5.74, 6) is 0.394. The highest BCUT2D eigenvalue weighted by Gasteiger charge is 2.29. The topological polar surface area (TPSA) is 63.2 Å². The second kappa shape index (κ2) is 9.15. The average Bonchev–Trinajstić information content (AvgIpc) is 3.14. The van der Waals surface area contributed by atoms with Gasteiger partial charge in [-0.15, -0.1) is 0 Å². The van der Waals surface area contributed by atoms with Crippen molar-refractivity contribution in [3.8, 4) is 5.75 Å². The van der Waals surface area contributed by atoms with Crippen LogP contribution in [-0.2, 0) is 11.4 Å². The van der Waals surface area contributed by atoms with Crippen LogP contribution in [0.15, 0.2) is 53.7 Å². The summed E-state index contributed by atoms with van der Waals surface area (Å²) in [7, 11) is 1.62. The smallest absolute Gasteiger partial charge is 0.318 e. The quantitative estimate of drug-likeness (QED) is 0.766. The molecule has 2 aromatic carbocycles. The van der Waals surface area contributed by atoms with Gasteiger partial charge in [-0.25, -0.2) is 9.18 Å². The van der Waals surface area contributed by atoms with E-state index in [1.165, 1.54) is 12.1 Å². The van der Waals surface area contributed by atoms with Gasteiger partial charge < -0.3 is 19.8 Å². The van der Waals surface area contributed by atoms with Crippen molar-refractivity contribution in [3.05, 3.63) is 65.5 Å². The number of hydrogen-bond donors (Lipinski definition) is 1. The van der Waals surface area contributed by atoms with Crippen molar-refractivity contribution >= 4 is 11.7 Å². The maximum atomic E-state index is 13.6. The molecule has 0 aromatic heterocycles. The first-order valence-electron chi connectivity index (χ1n) is 9.93. The van der Waals surface area contributed by atoms with Crippen LogP contribution in [0.3, 0.4) is 0 Å². The van der Waals surface area contributed by atoms with Gasteiger partial charge in [-0.3, -0.25) is 0 Å². The Bertz CT molecular complexity index is 924. The van der Waals surface area contributed by atoms with Crippen molar-refractivity contribution in [2.24, 2.45) is 5.16 Å². The highest BCUT2D eigenvalue weighted by atomic mass is 19.1. The van der Waals surface area contributed by atoms with Gasteiger partial charge >= 0.3 is 6.03 Å². The van der Waals surface area contributed by atoms with E-state index in [0.717, 1.165) is 17.0 Å². The number of halogens is 1. The van der Waals surface area contributed by atoms with Crippen molar-refractivity contribution < 1.29 is 18.8 Å². The lowest BCUT2D eigenvalue weighted by Gasteiger charge is -2.29. The molecule has 1 aliphatic rings. The number of urea groups is 1. The number of nitrogens with one attached hydrogen (secondary N) is 1. The lowest BCUT2D eigenvalue weighted by molar-refractivity contribution is 0.0580. The fourth-order valence-corrected chi connectivity index (χ4v) is 3.29. The minimum atomic E-state index is -0.396. The third-order valence-corrected chi connectivity index (χ3v) is 4.61. The number of rotatable bonds is 6. The van der Waals surface area contributed by atoms with Crippen LogP contribution in [0.1, 0.15) is 38.3 Å². The average molecular weight is 413 g/mol. The zero-order chi connectivity index (χ0) is 21.7. The maximum Gasteiger partial charge on any atom is 0.318 e. The summed E-state index contributed by atoms with van der Waals surface area (Å²) < 4.78 is 19.0. The molecule has 6 nitrogen and oxygen atoms in total. The summed E-state index contributed by atoms with van der Waals surface area (Å²) >= 11 is 0. The maximum absolute atomic E-state index is 13.6. The standard InChI is InChI=1S/C23H28FN3O3/c1-23(2,3)25-22(28)27(14-16-8-7-9-17(24)12-16)15-18-13-20(26-30-18)19-10-5-6-11-21(19)29-4/h5-12,18H,13-15H2,1-4H3,(H,25,28)/t18-/m1/s1. The van der Waals surface area contributed by atoms with Crippen LogP contribution in [0, 0.1) is 5.82 Å². The number of amides is 2. The Morgan fingerprint density at radius 3 is 2.73 bits per heavy atom. The van der Waals surface area contributed by atoms with Crippen molar-refractivity contribution in [3.63, 3.8) is 0 Å². The first-order chi connectivity index (χ1) is 14.2. The number of hydrogen-bond acceptors (Lipinski definition) is 4. The molecule has 2 aromatic rings. The number of carbonyl (C=O) groups excluding carboxylic acids is 1. The highest BCUT2D eigenvalue weighted by Crippen LogP contribution is 2.25. The number of methoxy groups -OCH3 is 1.